The van der Waals surface area contributed by atoms with Crippen LogP contribution >= 0.6 is 11.6 Å². The van der Waals surface area contributed by atoms with Crippen molar-refractivity contribution in [1.82, 2.24) is 0 Å². The van der Waals surface area contributed by atoms with Crippen LogP contribution in [0.2, 0.25) is 5.02 Å². The Bertz CT molecular complexity index is 407. The Morgan fingerprint density at radius 3 is 2.58 bits per heavy atom. The summed E-state index contributed by atoms with van der Waals surface area (Å²) in [5.74, 6) is 0.609. The molecule has 1 aromatic rings. The molecule has 1 aliphatic carbocycles. The molecule has 2 rings (SSSR count). The molecular formula is C16H24ClNO. The fraction of sp³-hybridized carbons (Fsp3) is 0.625. The van der Waals surface area contributed by atoms with Crippen molar-refractivity contribution in [2.75, 3.05) is 0 Å². The van der Waals surface area contributed by atoms with E-state index in [4.69, 9.17) is 22.1 Å². The zero-order chi connectivity index (χ0) is 13.8. The average molecular weight is 282 g/mol. The van der Waals surface area contributed by atoms with E-state index in [0.29, 0.717) is 12.0 Å². The maximum Gasteiger partial charge on any atom is 0.0991 e. The van der Waals surface area contributed by atoms with Crippen LogP contribution in [0.25, 0.3) is 0 Å². The van der Waals surface area contributed by atoms with Gasteiger partial charge in [-0.15, -0.1) is 0 Å². The highest BCUT2D eigenvalue weighted by molar-refractivity contribution is 6.31. The van der Waals surface area contributed by atoms with Crippen molar-refractivity contribution in [3.8, 4) is 0 Å². The summed E-state index contributed by atoms with van der Waals surface area (Å²) in [6.45, 7) is 4.26. The zero-order valence-electron chi connectivity index (χ0n) is 11.8. The molecule has 1 saturated carbocycles. The van der Waals surface area contributed by atoms with Crippen LogP contribution in [-0.4, -0.2) is 12.1 Å². The van der Waals surface area contributed by atoms with Crippen molar-refractivity contribution >= 4 is 11.6 Å². The summed E-state index contributed by atoms with van der Waals surface area (Å²) in [5.41, 5.74) is 7.13. The molecule has 0 amide bonds. The largest absolute Gasteiger partial charge is 0.368 e. The van der Waals surface area contributed by atoms with Crippen molar-refractivity contribution in [1.29, 1.82) is 0 Å². The molecule has 4 unspecified atom stereocenters. The highest BCUT2D eigenvalue weighted by Gasteiger charge is 2.28. The number of halogens is 1. The Hall–Kier alpha value is -0.570. The van der Waals surface area contributed by atoms with Crippen LogP contribution in [0.5, 0.6) is 0 Å². The third-order valence-corrected chi connectivity index (χ3v) is 4.39. The van der Waals surface area contributed by atoms with E-state index in [1.54, 1.807) is 0 Å². The maximum atomic E-state index is 6.32. The van der Waals surface area contributed by atoms with E-state index in [2.05, 4.69) is 6.92 Å². The molecule has 0 heterocycles. The van der Waals surface area contributed by atoms with Gasteiger partial charge in [-0.1, -0.05) is 49.6 Å². The molecule has 19 heavy (non-hydrogen) atoms. The second kappa shape index (κ2) is 6.74. The molecule has 0 aromatic heterocycles. The molecule has 106 valence electrons. The Morgan fingerprint density at radius 2 is 1.95 bits per heavy atom. The van der Waals surface area contributed by atoms with E-state index >= 15 is 0 Å². The summed E-state index contributed by atoms with van der Waals surface area (Å²) in [6, 6.07) is 7.79. The minimum Gasteiger partial charge on any atom is -0.368 e. The highest BCUT2D eigenvalue weighted by Crippen LogP contribution is 2.34. The molecule has 2 N–H and O–H groups in total. The third kappa shape index (κ3) is 3.71. The molecular weight excluding hydrogens is 258 g/mol. The normalized spacial score (nSPS) is 26.9. The number of ether oxygens (including phenoxy) is 1. The molecule has 1 aromatic carbocycles. The fourth-order valence-corrected chi connectivity index (χ4v) is 3.10. The van der Waals surface area contributed by atoms with Crippen LogP contribution in [0.4, 0.5) is 0 Å². The standard InChI is InChI=1S/C16H24ClNO/c1-11-7-3-6-10-15(11)19-16(12(2)18)13-8-4-5-9-14(13)17/h4-5,8-9,11-12,15-16H,3,6-7,10,18H2,1-2H3. The minimum atomic E-state index is -0.112. The van der Waals surface area contributed by atoms with Crippen LogP contribution in [0.1, 0.15) is 51.2 Å². The number of benzene rings is 1. The number of hydrogen-bond donors (Lipinski definition) is 1. The van der Waals surface area contributed by atoms with Gasteiger partial charge in [0, 0.05) is 16.6 Å². The van der Waals surface area contributed by atoms with Gasteiger partial charge in [0.15, 0.2) is 0 Å². The summed E-state index contributed by atoms with van der Waals surface area (Å²) in [4.78, 5) is 0. The first-order valence-electron chi connectivity index (χ1n) is 7.25. The number of rotatable bonds is 4. The number of nitrogens with two attached hydrogens (primary N) is 1. The van der Waals surface area contributed by atoms with Crippen molar-refractivity contribution < 1.29 is 4.74 Å². The predicted molar refractivity (Wildman–Crippen MR) is 80.3 cm³/mol. The van der Waals surface area contributed by atoms with Crippen molar-refractivity contribution in [2.24, 2.45) is 11.7 Å². The van der Waals surface area contributed by atoms with Gasteiger partial charge >= 0.3 is 0 Å². The van der Waals surface area contributed by atoms with Crippen LogP contribution in [0, 0.1) is 5.92 Å². The Balaban J connectivity index is 2.14. The molecule has 0 bridgehead atoms. The van der Waals surface area contributed by atoms with Crippen molar-refractivity contribution in [2.45, 2.75) is 57.8 Å². The van der Waals surface area contributed by atoms with Gasteiger partial charge in [-0.3, -0.25) is 0 Å². The van der Waals surface area contributed by atoms with Gasteiger partial charge in [0.2, 0.25) is 0 Å². The van der Waals surface area contributed by atoms with Gasteiger partial charge < -0.3 is 10.5 Å². The van der Waals surface area contributed by atoms with Gasteiger partial charge in [0.1, 0.15) is 0 Å². The average Bonchev–Trinajstić information content (AvgIpc) is 2.38. The van der Waals surface area contributed by atoms with Crippen LogP contribution < -0.4 is 5.73 Å². The molecule has 3 heteroatoms. The molecule has 4 atom stereocenters. The number of hydrogen-bond acceptors (Lipinski definition) is 2. The lowest BCUT2D eigenvalue weighted by atomic mass is 9.87. The second-order valence-corrected chi connectivity index (χ2v) is 6.14. The lowest BCUT2D eigenvalue weighted by Crippen LogP contribution is -2.34. The summed E-state index contributed by atoms with van der Waals surface area (Å²) >= 11 is 6.28. The van der Waals surface area contributed by atoms with Crippen molar-refractivity contribution in [3.63, 3.8) is 0 Å². The monoisotopic (exact) mass is 281 g/mol. The van der Waals surface area contributed by atoms with E-state index in [1.165, 1.54) is 19.3 Å². The zero-order valence-corrected chi connectivity index (χ0v) is 12.6. The quantitative estimate of drug-likeness (QED) is 0.892. The molecule has 0 saturated heterocycles. The minimum absolute atomic E-state index is 0.0611. The molecule has 0 radical (unpaired) electrons. The first-order valence-corrected chi connectivity index (χ1v) is 7.63. The summed E-state index contributed by atoms with van der Waals surface area (Å²) < 4.78 is 6.32. The molecule has 0 aliphatic heterocycles. The van der Waals surface area contributed by atoms with Crippen LogP contribution in [-0.2, 0) is 4.74 Å². The topological polar surface area (TPSA) is 35.2 Å². The summed E-state index contributed by atoms with van der Waals surface area (Å²) in [6.07, 6.45) is 5.15. The lowest BCUT2D eigenvalue weighted by Gasteiger charge is -2.34. The molecule has 2 nitrogen and oxygen atoms in total. The van der Waals surface area contributed by atoms with E-state index < -0.39 is 0 Å². The predicted octanol–water partition coefficient (Wildman–Crippen LogP) is 4.32. The third-order valence-electron chi connectivity index (χ3n) is 4.04. The Morgan fingerprint density at radius 1 is 1.26 bits per heavy atom. The van der Waals surface area contributed by atoms with E-state index in [0.717, 1.165) is 17.0 Å². The first-order chi connectivity index (χ1) is 9.09. The lowest BCUT2D eigenvalue weighted by molar-refractivity contribution is -0.0651. The van der Waals surface area contributed by atoms with Gasteiger partial charge in [-0.2, -0.15) is 0 Å². The fourth-order valence-electron chi connectivity index (χ4n) is 2.86. The van der Waals surface area contributed by atoms with Crippen molar-refractivity contribution in [3.05, 3.63) is 34.9 Å². The summed E-state index contributed by atoms with van der Waals surface area (Å²) in [5, 5.41) is 0.744. The second-order valence-electron chi connectivity index (χ2n) is 5.74. The van der Waals surface area contributed by atoms with Gasteiger partial charge in [-0.05, 0) is 31.7 Å². The van der Waals surface area contributed by atoms with Gasteiger partial charge in [0.25, 0.3) is 0 Å². The van der Waals surface area contributed by atoms with Gasteiger partial charge in [-0.25, -0.2) is 0 Å². The van der Waals surface area contributed by atoms with Crippen LogP contribution in [0.3, 0.4) is 0 Å². The Kier molecular flexibility index (Phi) is 5.26. The van der Waals surface area contributed by atoms with Crippen LogP contribution in [0.15, 0.2) is 24.3 Å². The van der Waals surface area contributed by atoms with E-state index in [9.17, 15) is 0 Å². The molecule has 0 spiro atoms. The maximum absolute atomic E-state index is 6.32. The van der Waals surface area contributed by atoms with Gasteiger partial charge in [0.05, 0.1) is 12.2 Å². The highest BCUT2D eigenvalue weighted by atomic mass is 35.5. The SMILES string of the molecule is CC(N)C(OC1CCCCC1C)c1ccccc1Cl. The Labute approximate surface area is 121 Å². The molecule has 1 fully saturated rings. The summed E-state index contributed by atoms with van der Waals surface area (Å²) in [7, 11) is 0. The smallest absolute Gasteiger partial charge is 0.0991 e. The van der Waals surface area contributed by atoms with E-state index in [1.807, 2.05) is 31.2 Å². The molecule has 1 aliphatic rings. The van der Waals surface area contributed by atoms with E-state index in [-0.39, 0.29) is 12.1 Å². The first kappa shape index (κ1) is 14.8.